The molecule has 13 heavy (non-hydrogen) atoms. The van der Waals surface area contributed by atoms with Crippen molar-refractivity contribution in [2.24, 2.45) is 0 Å². The van der Waals surface area contributed by atoms with Crippen molar-refractivity contribution in [1.29, 1.82) is 0 Å². The zero-order valence-electron chi connectivity index (χ0n) is 6.58. The first-order valence-corrected chi connectivity index (χ1v) is 2.48. The molecule has 1 aromatic heterocycles. The van der Waals surface area contributed by atoms with Crippen LogP contribution >= 0.6 is 0 Å². The van der Waals surface area contributed by atoms with E-state index in [9.17, 15) is 0 Å². The summed E-state index contributed by atoms with van der Waals surface area (Å²) in [6.45, 7) is 1.93. The number of pyridine rings is 1. The molecule has 7 heteroatoms. The first kappa shape index (κ1) is 29.2. The van der Waals surface area contributed by atoms with Crippen molar-refractivity contribution in [3.05, 3.63) is 23.9 Å². The summed E-state index contributed by atoms with van der Waals surface area (Å²) < 4.78 is 0. The molecule has 0 radical (unpaired) electrons. The summed E-state index contributed by atoms with van der Waals surface area (Å²) in [6, 6.07) is 3.80. The van der Waals surface area contributed by atoms with Crippen LogP contribution in [0.2, 0.25) is 0 Å². The van der Waals surface area contributed by atoms with Gasteiger partial charge >= 0.3 is 21.1 Å². The van der Waals surface area contributed by atoms with E-state index in [1.807, 2.05) is 19.1 Å². The molecule has 0 fully saturated rings. The zero-order valence-corrected chi connectivity index (χ0v) is 11.9. The van der Waals surface area contributed by atoms with E-state index in [2.05, 4.69) is 4.98 Å². The second kappa shape index (κ2) is 15.3. The maximum absolute atomic E-state index is 5.41. The number of aryl methyl sites for hydroxylation is 1. The summed E-state index contributed by atoms with van der Waals surface area (Å²) in [5, 5.41) is 0. The molecule has 0 bridgehead atoms. The number of nitrogens with two attached hydrogens (primary N) is 1. The molecule has 0 unspecified atom stereocenters. The van der Waals surface area contributed by atoms with Gasteiger partial charge in [-0.15, -0.1) is 0 Å². The van der Waals surface area contributed by atoms with Crippen LogP contribution in [0.5, 0.6) is 0 Å². The second-order valence-electron chi connectivity index (χ2n) is 1.71. The van der Waals surface area contributed by atoms with E-state index in [1.165, 1.54) is 0 Å². The van der Waals surface area contributed by atoms with Gasteiger partial charge in [0.1, 0.15) is 5.82 Å². The van der Waals surface area contributed by atoms with Crippen LogP contribution in [0.3, 0.4) is 0 Å². The third-order valence-electron chi connectivity index (χ3n) is 1.05. The quantitative estimate of drug-likeness (QED) is 0.431. The first-order chi connectivity index (χ1) is 3.80. The normalized spacial score (nSPS) is 5.62. The van der Waals surface area contributed by atoms with Gasteiger partial charge < -0.3 is 55.4 Å². The van der Waals surface area contributed by atoms with Crippen molar-refractivity contribution < 1.29 is 70.7 Å². The van der Waals surface area contributed by atoms with Gasteiger partial charge in [-0.3, -0.25) is 0 Å². The molecular formula is C6H8Cl4N2Pt-2. The molecule has 0 atom stereocenters. The van der Waals surface area contributed by atoms with Gasteiger partial charge in [-0.05, 0) is 18.6 Å². The Balaban J connectivity index is -0.0000000427. The molecule has 0 spiro atoms. The number of halogens is 4. The van der Waals surface area contributed by atoms with Crippen LogP contribution < -0.4 is 55.4 Å². The summed E-state index contributed by atoms with van der Waals surface area (Å²) in [5.41, 5.74) is 6.44. The molecule has 82 valence electrons. The molecular weight excluding hydrogens is 437 g/mol. The maximum atomic E-state index is 5.41. The van der Waals surface area contributed by atoms with Crippen molar-refractivity contribution in [2.75, 3.05) is 5.73 Å². The molecule has 0 aromatic carbocycles. The Morgan fingerprint density at radius 3 is 1.85 bits per heavy atom. The molecule has 0 aliphatic carbocycles. The second-order valence-corrected chi connectivity index (χ2v) is 1.71. The third-order valence-corrected chi connectivity index (χ3v) is 1.05. The number of hydrogen-bond acceptors (Lipinski definition) is 2. The van der Waals surface area contributed by atoms with Crippen LogP contribution in [0.4, 0.5) is 5.82 Å². The number of nitrogens with zero attached hydrogens (tertiary/aromatic N) is 1. The smallest absolute Gasteiger partial charge is 1.00 e. The summed E-state index contributed by atoms with van der Waals surface area (Å²) in [5.74, 6) is 0.618. The largest absolute Gasteiger partial charge is 2.00 e. The summed E-state index contributed by atoms with van der Waals surface area (Å²) in [7, 11) is 0. The van der Waals surface area contributed by atoms with E-state index in [1.54, 1.807) is 6.20 Å². The molecule has 2 N–H and O–H groups in total. The molecule has 0 amide bonds. The Labute approximate surface area is 117 Å². The Bertz CT molecular complexity index is 179. The van der Waals surface area contributed by atoms with Gasteiger partial charge in [-0.25, -0.2) is 4.98 Å². The standard InChI is InChI=1S/C6H8N2.4ClH.Pt/c1-5-3-2-4-8-6(5)7;;;;;/h2-4H,1H3,(H2,7,8);4*1H;/q;;;;;+2/p-4. The molecule has 0 aliphatic rings. The van der Waals surface area contributed by atoms with E-state index in [0.29, 0.717) is 5.82 Å². The predicted octanol–water partition coefficient (Wildman–Crippen LogP) is -11.0. The summed E-state index contributed by atoms with van der Waals surface area (Å²) in [6.07, 6.45) is 1.68. The van der Waals surface area contributed by atoms with Gasteiger partial charge in [0.05, 0.1) is 0 Å². The van der Waals surface area contributed by atoms with Crippen LogP contribution in [0.15, 0.2) is 18.3 Å². The molecule has 2 nitrogen and oxygen atoms in total. The maximum Gasteiger partial charge on any atom is 2.00 e. The topological polar surface area (TPSA) is 38.9 Å². The predicted molar refractivity (Wildman–Crippen MR) is 33.4 cm³/mol. The van der Waals surface area contributed by atoms with Crippen molar-refractivity contribution in [3.8, 4) is 0 Å². The molecule has 0 saturated heterocycles. The number of anilines is 1. The van der Waals surface area contributed by atoms with Gasteiger partial charge in [0.15, 0.2) is 0 Å². The molecule has 0 saturated carbocycles. The molecule has 1 aromatic rings. The van der Waals surface area contributed by atoms with Crippen LogP contribution in [-0.4, -0.2) is 4.98 Å². The minimum absolute atomic E-state index is 0. The fourth-order valence-corrected chi connectivity index (χ4v) is 0.498. The van der Waals surface area contributed by atoms with E-state index >= 15 is 0 Å². The minimum atomic E-state index is 0. The van der Waals surface area contributed by atoms with Crippen molar-refractivity contribution in [3.63, 3.8) is 0 Å². The van der Waals surface area contributed by atoms with Crippen LogP contribution in [-0.2, 0) is 21.1 Å². The van der Waals surface area contributed by atoms with E-state index < -0.39 is 0 Å². The monoisotopic (exact) mass is 443 g/mol. The zero-order chi connectivity index (χ0) is 5.98. The van der Waals surface area contributed by atoms with Crippen LogP contribution in [0.25, 0.3) is 0 Å². The molecule has 1 rings (SSSR count). The van der Waals surface area contributed by atoms with Crippen molar-refractivity contribution >= 4 is 5.82 Å². The van der Waals surface area contributed by atoms with Crippen molar-refractivity contribution in [1.82, 2.24) is 4.98 Å². The van der Waals surface area contributed by atoms with E-state index in [4.69, 9.17) is 5.73 Å². The number of nitrogen functional groups attached to an aromatic ring is 1. The fraction of sp³-hybridized carbons (Fsp3) is 0.167. The Morgan fingerprint density at radius 2 is 1.62 bits per heavy atom. The Morgan fingerprint density at radius 1 is 1.15 bits per heavy atom. The fourth-order valence-electron chi connectivity index (χ4n) is 0.498. The average molecular weight is 445 g/mol. The Kier molecular flexibility index (Phi) is 34.3. The van der Waals surface area contributed by atoms with Gasteiger partial charge in [0, 0.05) is 6.20 Å². The van der Waals surface area contributed by atoms with Gasteiger partial charge in [-0.2, -0.15) is 0 Å². The SMILES string of the molecule is Cc1cccnc1N.[Cl-].[Cl-].[Cl-].[Cl-].[Pt+2]. The summed E-state index contributed by atoms with van der Waals surface area (Å²) >= 11 is 0. The van der Waals surface area contributed by atoms with Crippen molar-refractivity contribution in [2.45, 2.75) is 6.92 Å². The van der Waals surface area contributed by atoms with Gasteiger partial charge in [-0.1, -0.05) is 6.07 Å². The molecule has 1 heterocycles. The van der Waals surface area contributed by atoms with Crippen LogP contribution in [0.1, 0.15) is 5.56 Å². The van der Waals surface area contributed by atoms with Gasteiger partial charge in [0.2, 0.25) is 0 Å². The van der Waals surface area contributed by atoms with E-state index in [0.717, 1.165) is 5.56 Å². The van der Waals surface area contributed by atoms with Gasteiger partial charge in [0.25, 0.3) is 0 Å². The minimum Gasteiger partial charge on any atom is -1.00 e. The third kappa shape index (κ3) is 10.7. The number of hydrogen-bond donors (Lipinski definition) is 1. The molecule has 0 aliphatic heterocycles. The Hall–Kier alpha value is 0.798. The first-order valence-electron chi connectivity index (χ1n) is 2.48. The average Bonchev–Trinajstić information content (AvgIpc) is 1.77. The summed E-state index contributed by atoms with van der Waals surface area (Å²) in [4.78, 5) is 3.86. The van der Waals surface area contributed by atoms with E-state index in [-0.39, 0.29) is 70.7 Å². The van der Waals surface area contributed by atoms with Crippen LogP contribution in [0, 0.1) is 6.92 Å². The number of aromatic nitrogens is 1. The number of rotatable bonds is 0.